The topological polar surface area (TPSA) is 51.6 Å². The minimum atomic E-state index is 0.576. The van der Waals surface area contributed by atoms with Gasteiger partial charge >= 0.3 is 0 Å². The molecule has 76 valence electrons. The summed E-state index contributed by atoms with van der Waals surface area (Å²) in [7, 11) is 0. The van der Waals surface area contributed by atoms with Gasteiger partial charge in [0.2, 0.25) is 5.82 Å². The summed E-state index contributed by atoms with van der Waals surface area (Å²) < 4.78 is 0. The van der Waals surface area contributed by atoms with E-state index in [9.17, 15) is 0 Å². The van der Waals surface area contributed by atoms with Crippen LogP contribution in [0.15, 0.2) is 24.3 Å². The van der Waals surface area contributed by atoms with Crippen molar-refractivity contribution in [3.63, 3.8) is 0 Å². The third-order valence-electron chi connectivity index (χ3n) is 2.15. The van der Waals surface area contributed by atoms with Gasteiger partial charge in [-0.1, -0.05) is 36.8 Å². The molecule has 0 unspecified atom stereocenters. The lowest BCUT2D eigenvalue weighted by molar-refractivity contribution is 0.775. The average molecular weight is 200 g/mol. The number of hydrogen-bond acceptors (Lipinski definition) is 4. The zero-order valence-electron chi connectivity index (χ0n) is 8.81. The summed E-state index contributed by atoms with van der Waals surface area (Å²) >= 11 is 0. The van der Waals surface area contributed by atoms with E-state index < -0.39 is 0 Å². The molecule has 1 aromatic heterocycles. The van der Waals surface area contributed by atoms with Crippen LogP contribution in [0.4, 0.5) is 0 Å². The molecule has 0 aliphatic rings. The zero-order valence-corrected chi connectivity index (χ0v) is 8.81. The Bertz CT molecular complexity index is 433. The van der Waals surface area contributed by atoms with Crippen molar-refractivity contribution in [2.75, 3.05) is 0 Å². The molecule has 0 saturated heterocycles. The van der Waals surface area contributed by atoms with Crippen molar-refractivity contribution in [1.82, 2.24) is 20.4 Å². The van der Waals surface area contributed by atoms with Crippen molar-refractivity contribution in [2.45, 2.75) is 20.3 Å². The van der Waals surface area contributed by atoms with Crippen LogP contribution in [0.2, 0.25) is 0 Å². The first-order chi connectivity index (χ1) is 7.29. The Hall–Kier alpha value is -1.84. The van der Waals surface area contributed by atoms with Crippen LogP contribution in [0.25, 0.3) is 11.4 Å². The maximum atomic E-state index is 4.03. The van der Waals surface area contributed by atoms with Gasteiger partial charge in [0.1, 0.15) is 0 Å². The minimum Gasteiger partial charge on any atom is -0.131 e. The molecule has 1 aromatic carbocycles. The lowest BCUT2D eigenvalue weighted by Gasteiger charge is -1.99. The molecule has 4 nitrogen and oxygen atoms in total. The fourth-order valence-corrected chi connectivity index (χ4v) is 1.21. The Morgan fingerprint density at radius 1 is 0.933 bits per heavy atom. The third kappa shape index (κ3) is 2.15. The first-order valence-corrected chi connectivity index (χ1v) is 4.93. The largest absolute Gasteiger partial charge is 0.203 e. The van der Waals surface area contributed by atoms with Crippen molar-refractivity contribution in [3.05, 3.63) is 35.7 Å². The molecule has 0 aliphatic carbocycles. The predicted octanol–water partition coefficient (Wildman–Crippen LogP) is 1.80. The molecule has 0 radical (unpaired) electrons. The maximum absolute atomic E-state index is 4.03. The molecule has 2 aromatic rings. The molecule has 0 fully saturated rings. The van der Waals surface area contributed by atoms with Gasteiger partial charge in [-0.2, -0.15) is 0 Å². The van der Waals surface area contributed by atoms with Gasteiger partial charge in [-0.3, -0.25) is 0 Å². The molecule has 0 saturated carbocycles. The molecule has 0 bridgehead atoms. The van der Waals surface area contributed by atoms with Crippen molar-refractivity contribution < 1.29 is 0 Å². The van der Waals surface area contributed by atoms with Crippen molar-refractivity contribution in [2.24, 2.45) is 0 Å². The molecule has 15 heavy (non-hydrogen) atoms. The van der Waals surface area contributed by atoms with Crippen LogP contribution in [-0.2, 0) is 6.42 Å². The maximum Gasteiger partial charge on any atom is 0.203 e. The highest BCUT2D eigenvalue weighted by Crippen LogP contribution is 2.13. The minimum absolute atomic E-state index is 0.576. The van der Waals surface area contributed by atoms with E-state index in [4.69, 9.17) is 0 Å². The molecule has 0 spiro atoms. The number of hydrogen-bond donors (Lipinski definition) is 0. The van der Waals surface area contributed by atoms with Crippen LogP contribution in [0.5, 0.6) is 0 Å². The first-order valence-electron chi connectivity index (χ1n) is 4.93. The van der Waals surface area contributed by atoms with Gasteiger partial charge in [-0.05, 0) is 6.92 Å². The fourth-order valence-electron chi connectivity index (χ4n) is 1.21. The molecule has 0 aliphatic heterocycles. The summed E-state index contributed by atoms with van der Waals surface area (Å²) in [6, 6.07) is 7.98. The number of rotatable bonds is 2. The summed E-state index contributed by atoms with van der Waals surface area (Å²) in [6.07, 6.45) is 0.758. The van der Waals surface area contributed by atoms with Crippen LogP contribution >= 0.6 is 0 Å². The van der Waals surface area contributed by atoms with Crippen LogP contribution in [0.3, 0.4) is 0 Å². The standard InChI is InChI=1S/C11H12N4/c1-3-10-12-14-11(15-13-10)9-6-4-8(2)5-7-9/h4-7H,3H2,1-2H3. The van der Waals surface area contributed by atoms with Crippen molar-refractivity contribution in [3.8, 4) is 11.4 Å². The molecule has 2 rings (SSSR count). The van der Waals surface area contributed by atoms with Gasteiger partial charge in [0, 0.05) is 12.0 Å². The zero-order chi connectivity index (χ0) is 10.7. The quantitative estimate of drug-likeness (QED) is 0.741. The van der Waals surface area contributed by atoms with E-state index in [1.165, 1.54) is 5.56 Å². The second-order valence-corrected chi connectivity index (χ2v) is 3.36. The number of aromatic nitrogens is 4. The molecule has 0 amide bonds. The van der Waals surface area contributed by atoms with Crippen LogP contribution < -0.4 is 0 Å². The van der Waals surface area contributed by atoms with Crippen molar-refractivity contribution >= 4 is 0 Å². The van der Waals surface area contributed by atoms with Gasteiger partial charge in [-0.25, -0.2) is 0 Å². The highest BCUT2D eigenvalue weighted by molar-refractivity contribution is 5.53. The number of nitrogens with zero attached hydrogens (tertiary/aromatic N) is 4. The Morgan fingerprint density at radius 3 is 2.07 bits per heavy atom. The second-order valence-electron chi connectivity index (χ2n) is 3.36. The van der Waals surface area contributed by atoms with Crippen LogP contribution in [-0.4, -0.2) is 20.4 Å². The van der Waals surface area contributed by atoms with E-state index >= 15 is 0 Å². The smallest absolute Gasteiger partial charge is 0.131 e. The molecule has 4 heteroatoms. The van der Waals surface area contributed by atoms with Gasteiger partial charge < -0.3 is 0 Å². The Kier molecular flexibility index (Phi) is 2.67. The Labute approximate surface area is 88.4 Å². The molecule has 0 N–H and O–H groups in total. The molecule has 0 atom stereocenters. The lowest BCUT2D eigenvalue weighted by Crippen LogP contribution is -2.01. The van der Waals surface area contributed by atoms with Crippen LogP contribution in [0, 0.1) is 6.92 Å². The molecular formula is C11H12N4. The number of aryl methyl sites for hydroxylation is 2. The van der Waals surface area contributed by atoms with Gasteiger partial charge in [0.05, 0.1) is 0 Å². The van der Waals surface area contributed by atoms with Crippen LogP contribution in [0.1, 0.15) is 18.3 Å². The highest BCUT2D eigenvalue weighted by Gasteiger charge is 2.02. The van der Waals surface area contributed by atoms with Gasteiger partial charge in [-0.15, -0.1) is 20.4 Å². The summed E-state index contributed by atoms with van der Waals surface area (Å²) in [4.78, 5) is 0. The summed E-state index contributed by atoms with van der Waals surface area (Å²) in [5.74, 6) is 1.25. The summed E-state index contributed by atoms with van der Waals surface area (Å²) in [5, 5.41) is 16.0. The SMILES string of the molecule is CCc1nnc(-c2ccc(C)cc2)nn1. The Morgan fingerprint density at radius 2 is 1.53 bits per heavy atom. The van der Waals surface area contributed by atoms with Crippen molar-refractivity contribution in [1.29, 1.82) is 0 Å². The monoisotopic (exact) mass is 200 g/mol. The third-order valence-corrected chi connectivity index (χ3v) is 2.15. The molecule has 1 heterocycles. The first kappa shape index (κ1) is 9.71. The summed E-state index contributed by atoms with van der Waals surface area (Å²) in [6.45, 7) is 4.02. The van der Waals surface area contributed by atoms with E-state index in [1.54, 1.807) is 0 Å². The fraction of sp³-hybridized carbons (Fsp3) is 0.273. The Balaban J connectivity index is 2.33. The highest BCUT2D eigenvalue weighted by atomic mass is 15.3. The second kappa shape index (κ2) is 4.13. The summed E-state index contributed by atoms with van der Waals surface area (Å²) in [5.41, 5.74) is 2.16. The lowest BCUT2D eigenvalue weighted by atomic mass is 10.1. The number of benzene rings is 1. The molecular weight excluding hydrogens is 188 g/mol. The van der Waals surface area contributed by atoms with Gasteiger partial charge in [0.15, 0.2) is 5.82 Å². The van der Waals surface area contributed by atoms with E-state index in [0.29, 0.717) is 11.6 Å². The van der Waals surface area contributed by atoms with E-state index in [-0.39, 0.29) is 0 Å². The van der Waals surface area contributed by atoms with E-state index in [1.807, 2.05) is 38.1 Å². The average Bonchev–Trinajstić information content (AvgIpc) is 2.30. The van der Waals surface area contributed by atoms with E-state index in [2.05, 4.69) is 20.4 Å². The van der Waals surface area contributed by atoms with E-state index in [0.717, 1.165) is 12.0 Å². The predicted molar refractivity (Wildman–Crippen MR) is 57.2 cm³/mol. The normalized spacial score (nSPS) is 10.3. The van der Waals surface area contributed by atoms with Gasteiger partial charge in [0.25, 0.3) is 0 Å².